The number of aromatic nitrogens is 4. The molecular formula is C27H29N5O2. The molecule has 0 spiro atoms. The Morgan fingerprint density at radius 3 is 2.47 bits per heavy atom. The molecule has 0 unspecified atom stereocenters. The van der Waals surface area contributed by atoms with Crippen LogP contribution in [-0.2, 0) is 24.2 Å². The van der Waals surface area contributed by atoms with Gasteiger partial charge >= 0.3 is 0 Å². The third kappa shape index (κ3) is 4.98. The van der Waals surface area contributed by atoms with E-state index >= 15 is 0 Å². The molecule has 174 valence electrons. The van der Waals surface area contributed by atoms with Crippen LogP contribution in [0.1, 0.15) is 30.2 Å². The van der Waals surface area contributed by atoms with E-state index < -0.39 is 0 Å². The number of fused-ring (bicyclic) bond motifs is 1. The third-order valence-electron chi connectivity index (χ3n) is 5.92. The summed E-state index contributed by atoms with van der Waals surface area (Å²) in [6.07, 6.45) is 3.41. The van der Waals surface area contributed by atoms with E-state index in [9.17, 15) is 9.59 Å². The molecule has 7 nitrogen and oxygen atoms in total. The van der Waals surface area contributed by atoms with Gasteiger partial charge in [-0.25, -0.2) is 0 Å². The normalized spacial score (nSPS) is 11.9. The number of carbonyl (C=O) groups excluding carboxylic acids is 1. The van der Waals surface area contributed by atoms with E-state index in [0.717, 1.165) is 18.4 Å². The topological polar surface area (TPSA) is 81.3 Å². The van der Waals surface area contributed by atoms with Gasteiger partial charge in [-0.3, -0.25) is 9.59 Å². The number of hydrogen-bond donors (Lipinski definition) is 1. The predicted octanol–water partition coefficient (Wildman–Crippen LogP) is 3.73. The second-order valence-electron chi connectivity index (χ2n) is 8.45. The molecule has 1 atom stereocenters. The van der Waals surface area contributed by atoms with Gasteiger partial charge in [-0.2, -0.15) is 9.50 Å². The van der Waals surface area contributed by atoms with Crippen LogP contribution in [0.25, 0.3) is 17.2 Å². The first-order valence-electron chi connectivity index (χ1n) is 11.5. The lowest BCUT2D eigenvalue weighted by Crippen LogP contribution is -2.36. The SMILES string of the molecule is C=CCn1c(C)c(CC(=O)N[C@H](C)CCc2ccccc2)c(=O)n2nc(-c3ccccc3)nc12. The van der Waals surface area contributed by atoms with Crippen molar-refractivity contribution in [2.24, 2.45) is 0 Å². The van der Waals surface area contributed by atoms with Crippen LogP contribution < -0.4 is 10.9 Å². The van der Waals surface area contributed by atoms with Crippen LogP contribution in [0, 0.1) is 6.92 Å². The number of amides is 1. The van der Waals surface area contributed by atoms with Crippen LogP contribution >= 0.6 is 0 Å². The molecule has 2 aromatic carbocycles. The van der Waals surface area contributed by atoms with Gasteiger partial charge in [0.15, 0.2) is 5.82 Å². The number of rotatable bonds is 9. The zero-order chi connectivity index (χ0) is 24.1. The fourth-order valence-corrected chi connectivity index (χ4v) is 4.06. The van der Waals surface area contributed by atoms with Crippen molar-refractivity contribution in [1.29, 1.82) is 0 Å². The summed E-state index contributed by atoms with van der Waals surface area (Å²) in [5.74, 6) is 0.710. The minimum Gasteiger partial charge on any atom is -0.353 e. The molecule has 4 aromatic rings. The van der Waals surface area contributed by atoms with Crippen molar-refractivity contribution in [3.05, 3.63) is 100 Å². The second-order valence-corrected chi connectivity index (χ2v) is 8.45. The first-order valence-corrected chi connectivity index (χ1v) is 11.5. The highest BCUT2D eigenvalue weighted by Crippen LogP contribution is 2.17. The smallest absolute Gasteiger partial charge is 0.279 e. The Bertz CT molecular complexity index is 1360. The highest BCUT2D eigenvalue weighted by molar-refractivity contribution is 5.79. The van der Waals surface area contributed by atoms with Gasteiger partial charge in [0.2, 0.25) is 11.7 Å². The molecule has 0 bridgehead atoms. The number of aryl methyl sites for hydroxylation is 1. The largest absolute Gasteiger partial charge is 0.353 e. The van der Waals surface area contributed by atoms with Crippen LogP contribution in [0.15, 0.2) is 78.1 Å². The van der Waals surface area contributed by atoms with Crippen molar-refractivity contribution in [3.8, 4) is 11.4 Å². The average molecular weight is 456 g/mol. The number of benzene rings is 2. The Kier molecular flexibility index (Phi) is 7.01. The van der Waals surface area contributed by atoms with Crippen molar-refractivity contribution >= 4 is 11.7 Å². The summed E-state index contributed by atoms with van der Waals surface area (Å²) < 4.78 is 3.16. The van der Waals surface area contributed by atoms with E-state index in [-0.39, 0.29) is 23.9 Å². The Morgan fingerprint density at radius 2 is 1.79 bits per heavy atom. The summed E-state index contributed by atoms with van der Waals surface area (Å²) in [6.45, 7) is 8.10. The standard InChI is InChI=1S/C27H29N5O2/c1-4-17-31-20(3)23(18-24(33)28-19(2)15-16-21-11-7-5-8-12-21)26(34)32-27(31)29-25(30-32)22-13-9-6-10-14-22/h4-14,19H,1,15-18H2,2-3H3,(H,28,33)/t19-/m1/s1. The van der Waals surface area contributed by atoms with Crippen LogP contribution in [0.5, 0.6) is 0 Å². The maximum Gasteiger partial charge on any atom is 0.279 e. The third-order valence-corrected chi connectivity index (χ3v) is 5.92. The molecule has 7 heteroatoms. The summed E-state index contributed by atoms with van der Waals surface area (Å²) in [4.78, 5) is 30.8. The highest BCUT2D eigenvalue weighted by atomic mass is 16.2. The minimum atomic E-state index is -0.324. The van der Waals surface area contributed by atoms with Gasteiger partial charge in [0, 0.05) is 29.4 Å². The monoisotopic (exact) mass is 455 g/mol. The zero-order valence-corrected chi connectivity index (χ0v) is 19.6. The molecule has 0 aliphatic heterocycles. The molecule has 0 radical (unpaired) electrons. The Hall–Kier alpha value is -4.00. The molecule has 1 N–H and O–H groups in total. The lowest BCUT2D eigenvalue weighted by Gasteiger charge is -2.16. The quantitative estimate of drug-likeness (QED) is 0.390. The fraction of sp³-hybridized carbons (Fsp3) is 0.259. The van der Waals surface area contributed by atoms with E-state index in [0.29, 0.717) is 29.4 Å². The first kappa shape index (κ1) is 23.2. The Labute approximate surface area is 198 Å². The van der Waals surface area contributed by atoms with Crippen LogP contribution in [0.3, 0.4) is 0 Å². The Morgan fingerprint density at radius 1 is 1.12 bits per heavy atom. The molecule has 34 heavy (non-hydrogen) atoms. The van der Waals surface area contributed by atoms with Crippen LogP contribution in [0.2, 0.25) is 0 Å². The van der Waals surface area contributed by atoms with Gasteiger partial charge in [0.1, 0.15) is 0 Å². The summed E-state index contributed by atoms with van der Waals surface area (Å²) in [5, 5.41) is 7.50. The van der Waals surface area contributed by atoms with E-state index in [1.165, 1.54) is 10.1 Å². The van der Waals surface area contributed by atoms with Gasteiger partial charge in [0.05, 0.1) is 6.42 Å². The minimum absolute atomic E-state index is 0.0109. The molecular weight excluding hydrogens is 426 g/mol. The molecule has 2 aromatic heterocycles. The molecule has 0 saturated carbocycles. The van der Waals surface area contributed by atoms with Gasteiger partial charge in [-0.15, -0.1) is 11.7 Å². The summed E-state index contributed by atoms with van der Waals surface area (Å²) in [5.41, 5.74) is 2.83. The number of carbonyl (C=O) groups is 1. The first-order chi connectivity index (χ1) is 16.5. The second kappa shape index (κ2) is 10.3. The zero-order valence-electron chi connectivity index (χ0n) is 19.6. The molecule has 0 aliphatic rings. The predicted molar refractivity (Wildman–Crippen MR) is 134 cm³/mol. The number of nitrogens with one attached hydrogen (secondary N) is 1. The fourth-order valence-electron chi connectivity index (χ4n) is 4.06. The molecule has 4 rings (SSSR count). The van der Waals surface area contributed by atoms with Crippen molar-refractivity contribution in [2.45, 2.75) is 45.7 Å². The van der Waals surface area contributed by atoms with E-state index in [2.05, 4.69) is 34.1 Å². The van der Waals surface area contributed by atoms with E-state index in [1.807, 2.05) is 66.9 Å². The average Bonchev–Trinajstić information content (AvgIpc) is 3.30. The highest BCUT2D eigenvalue weighted by Gasteiger charge is 2.20. The molecule has 2 heterocycles. The maximum absolute atomic E-state index is 13.3. The molecule has 1 amide bonds. The van der Waals surface area contributed by atoms with Gasteiger partial charge in [0.25, 0.3) is 5.56 Å². The van der Waals surface area contributed by atoms with Crippen molar-refractivity contribution < 1.29 is 4.79 Å². The summed E-state index contributed by atoms with van der Waals surface area (Å²) in [7, 11) is 0. The maximum atomic E-state index is 13.3. The van der Waals surface area contributed by atoms with Crippen LogP contribution in [0.4, 0.5) is 0 Å². The van der Waals surface area contributed by atoms with E-state index in [4.69, 9.17) is 0 Å². The molecule has 0 aliphatic carbocycles. The molecule has 0 saturated heterocycles. The lowest BCUT2D eigenvalue weighted by atomic mass is 10.1. The van der Waals surface area contributed by atoms with Gasteiger partial charge in [-0.05, 0) is 32.3 Å². The van der Waals surface area contributed by atoms with Crippen molar-refractivity contribution in [2.75, 3.05) is 0 Å². The number of nitrogens with zero attached hydrogens (tertiary/aromatic N) is 4. The van der Waals surface area contributed by atoms with Gasteiger partial charge < -0.3 is 9.88 Å². The summed E-state index contributed by atoms with van der Waals surface area (Å²) in [6, 6.07) is 19.7. The summed E-state index contributed by atoms with van der Waals surface area (Å²) >= 11 is 0. The number of hydrogen-bond acceptors (Lipinski definition) is 4. The molecule has 0 fully saturated rings. The lowest BCUT2D eigenvalue weighted by molar-refractivity contribution is -0.121. The van der Waals surface area contributed by atoms with Crippen molar-refractivity contribution in [1.82, 2.24) is 24.5 Å². The van der Waals surface area contributed by atoms with E-state index in [1.54, 1.807) is 6.08 Å². The Balaban J connectivity index is 1.58. The number of allylic oxidation sites excluding steroid dienone is 1. The van der Waals surface area contributed by atoms with Crippen LogP contribution in [-0.4, -0.2) is 31.1 Å². The van der Waals surface area contributed by atoms with Gasteiger partial charge in [-0.1, -0.05) is 66.7 Å². The van der Waals surface area contributed by atoms with Crippen molar-refractivity contribution in [3.63, 3.8) is 0 Å².